The van der Waals surface area contributed by atoms with E-state index >= 15 is 0 Å². The predicted octanol–water partition coefficient (Wildman–Crippen LogP) is 5.11. The molecular formula is C24H29NO5S. The number of carbonyl (C=O) groups is 2. The number of methoxy groups -OCH3 is 2. The van der Waals surface area contributed by atoms with Crippen molar-refractivity contribution in [2.24, 2.45) is 5.92 Å². The summed E-state index contributed by atoms with van der Waals surface area (Å²) in [5.74, 6) is 1.17. The zero-order valence-corrected chi connectivity index (χ0v) is 19.3. The standard InChI is InChI=1S/C24H29NO5S/c1-5-15-7-10-17-20(14-15)31-23(22(17)24(27)30-6-2)25-21(26)12-9-16-8-11-18(28-3)19(13-16)29-4/h8-9,11-13,15H,5-7,10,14H2,1-4H3,(H,25,26)/b12-9+/t15-/m1/s1. The van der Waals surface area contributed by atoms with Gasteiger partial charge in [0.2, 0.25) is 5.91 Å². The van der Waals surface area contributed by atoms with Gasteiger partial charge in [0.15, 0.2) is 11.5 Å². The van der Waals surface area contributed by atoms with Gasteiger partial charge in [-0.15, -0.1) is 11.3 Å². The molecular weight excluding hydrogens is 414 g/mol. The summed E-state index contributed by atoms with van der Waals surface area (Å²) in [5.41, 5.74) is 2.35. The SMILES string of the molecule is CCOC(=O)c1c(NC(=O)/C=C/c2ccc(OC)c(OC)c2)sc2c1CC[C@@H](CC)C2. The summed E-state index contributed by atoms with van der Waals surface area (Å²) in [7, 11) is 3.14. The highest BCUT2D eigenvalue weighted by molar-refractivity contribution is 7.17. The van der Waals surface area contributed by atoms with Gasteiger partial charge in [0.1, 0.15) is 5.00 Å². The van der Waals surface area contributed by atoms with Gasteiger partial charge in [0, 0.05) is 11.0 Å². The van der Waals surface area contributed by atoms with Crippen LogP contribution in [0.25, 0.3) is 6.08 Å². The Morgan fingerprint density at radius 1 is 1.19 bits per heavy atom. The largest absolute Gasteiger partial charge is 0.493 e. The number of hydrogen-bond donors (Lipinski definition) is 1. The first-order chi connectivity index (χ1) is 15.0. The first-order valence-corrected chi connectivity index (χ1v) is 11.3. The molecule has 3 rings (SSSR count). The number of nitrogens with one attached hydrogen (secondary N) is 1. The fraction of sp³-hybridized carbons (Fsp3) is 0.417. The van der Waals surface area contributed by atoms with Crippen molar-refractivity contribution in [2.45, 2.75) is 39.5 Å². The Hall–Kier alpha value is -2.80. The van der Waals surface area contributed by atoms with E-state index in [1.165, 1.54) is 22.3 Å². The van der Waals surface area contributed by atoms with Gasteiger partial charge < -0.3 is 19.5 Å². The molecule has 0 unspecified atom stereocenters. The van der Waals surface area contributed by atoms with Crippen LogP contribution >= 0.6 is 11.3 Å². The number of anilines is 1. The van der Waals surface area contributed by atoms with Gasteiger partial charge in [0.25, 0.3) is 0 Å². The molecule has 1 atom stereocenters. The molecule has 31 heavy (non-hydrogen) atoms. The smallest absolute Gasteiger partial charge is 0.341 e. The Morgan fingerprint density at radius 2 is 1.97 bits per heavy atom. The van der Waals surface area contributed by atoms with Crippen molar-refractivity contribution >= 4 is 34.3 Å². The molecule has 0 bridgehead atoms. The number of fused-ring (bicyclic) bond motifs is 1. The van der Waals surface area contributed by atoms with Crippen LogP contribution in [0.15, 0.2) is 24.3 Å². The molecule has 2 aromatic rings. The summed E-state index contributed by atoms with van der Waals surface area (Å²) in [4.78, 5) is 26.4. The zero-order valence-electron chi connectivity index (χ0n) is 18.4. The van der Waals surface area contributed by atoms with E-state index in [1.54, 1.807) is 39.4 Å². The van der Waals surface area contributed by atoms with Crippen molar-refractivity contribution in [3.8, 4) is 11.5 Å². The van der Waals surface area contributed by atoms with E-state index in [2.05, 4.69) is 12.2 Å². The number of amides is 1. The molecule has 0 aliphatic heterocycles. The number of benzene rings is 1. The van der Waals surface area contributed by atoms with Gasteiger partial charge in [-0.1, -0.05) is 19.4 Å². The Kier molecular flexibility index (Phi) is 7.74. The zero-order chi connectivity index (χ0) is 22.4. The van der Waals surface area contributed by atoms with Crippen LogP contribution in [0.3, 0.4) is 0 Å². The molecule has 1 amide bonds. The van der Waals surface area contributed by atoms with Crippen LogP contribution in [0.5, 0.6) is 11.5 Å². The second-order valence-corrected chi connectivity index (χ2v) is 8.49. The maximum absolute atomic E-state index is 12.6. The molecule has 1 aliphatic carbocycles. The molecule has 0 saturated heterocycles. The van der Waals surface area contributed by atoms with Crippen LogP contribution in [0.2, 0.25) is 0 Å². The van der Waals surface area contributed by atoms with Gasteiger partial charge in [-0.3, -0.25) is 4.79 Å². The molecule has 0 spiro atoms. The second-order valence-electron chi connectivity index (χ2n) is 7.38. The lowest BCUT2D eigenvalue weighted by Crippen LogP contribution is -2.16. The van der Waals surface area contributed by atoms with Gasteiger partial charge >= 0.3 is 5.97 Å². The van der Waals surface area contributed by atoms with Crippen LogP contribution in [-0.2, 0) is 22.4 Å². The topological polar surface area (TPSA) is 73.9 Å². The van der Waals surface area contributed by atoms with E-state index < -0.39 is 0 Å². The molecule has 1 aromatic carbocycles. The van der Waals surface area contributed by atoms with Crippen LogP contribution in [0, 0.1) is 5.92 Å². The minimum Gasteiger partial charge on any atom is -0.493 e. The first kappa shape index (κ1) is 22.9. The average Bonchev–Trinajstić information content (AvgIpc) is 3.14. The van der Waals surface area contributed by atoms with Crippen molar-refractivity contribution in [1.29, 1.82) is 0 Å². The summed E-state index contributed by atoms with van der Waals surface area (Å²) in [6, 6.07) is 5.41. The normalized spacial score (nSPS) is 15.4. The molecule has 1 heterocycles. The lowest BCUT2D eigenvalue weighted by molar-refractivity contribution is -0.111. The number of carbonyl (C=O) groups excluding carboxylic acids is 2. The molecule has 1 aromatic heterocycles. The first-order valence-electron chi connectivity index (χ1n) is 10.5. The predicted molar refractivity (Wildman–Crippen MR) is 123 cm³/mol. The van der Waals surface area contributed by atoms with Crippen LogP contribution in [0.1, 0.15) is 53.1 Å². The monoisotopic (exact) mass is 443 g/mol. The van der Waals surface area contributed by atoms with E-state index in [4.69, 9.17) is 14.2 Å². The van der Waals surface area contributed by atoms with Crippen molar-refractivity contribution in [1.82, 2.24) is 0 Å². The quantitative estimate of drug-likeness (QED) is 0.453. The Balaban J connectivity index is 1.81. The summed E-state index contributed by atoms with van der Waals surface area (Å²) < 4.78 is 15.8. The molecule has 7 heteroatoms. The molecule has 0 fully saturated rings. The minimum absolute atomic E-state index is 0.299. The maximum Gasteiger partial charge on any atom is 0.341 e. The van der Waals surface area contributed by atoms with Crippen molar-refractivity contribution < 1.29 is 23.8 Å². The average molecular weight is 444 g/mol. The van der Waals surface area contributed by atoms with Gasteiger partial charge in [0.05, 0.1) is 26.4 Å². The fourth-order valence-electron chi connectivity index (χ4n) is 3.79. The summed E-state index contributed by atoms with van der Waals surface area (Å²) >= 11 is 1.49. The fourth-order valence-corrected chi connectivity index (χ4v) is 5.14. The number of rotatable bonds is 8. The Bertz CT molecular complexity index is 979. The molecule has 0 saturated carbocycles. The molecule has 1 N–H and O–H groups in total. The van der Waals surface area contributed by atoms with Gasteiger partial charge in [-0.2, -0.15) is 0 Å². The number of esters is 1. The molecule has 166 valence electrons. The maximum atomic E-state index is 12.6. The second kappa shape index (κ2) is 10.5. The van der Waals surface area contributed by atoms with Crippen LogP contribution in [0.4, 0.5) is 5.00 Å². The highest BCUT2D eigenvalue weighted by Gasteiger charge is 2.29. The Labute approximate surface area is 187 Å². The van der Waals surface area contributed by atoms with Crippen molar-refractivity contribution in [3.63, 3.8) is 0 Å². The third kappa shape index (κ3) is 5.28. The third-order valence-corrected chi connectivity index (χ3v) is 6.67. The lowest BCUT2D eigenvalue weighted by atomic mass is 9.85. The highest BCUT2D eigenvalue weighted by atomic mass is 32.1. The number of hydrogen-bond acceptors (Lipinski definition) is 6. The number of thiophene rings is 1. The van der Waals surface area contributed by atoms with Crippen LogP contribution in [-0.4, -0.2) is 32.7 Å². The van der Waals surface area contributed by atoms with E-state index in [-0.39, 0.29) is 11.9 Å². The minimum atomic E-state index is -0.367. The number of ether oxygens (including phenoxy) is 3. The summed E-state index contributed by atoms with van der Waals surface area (Å²) in [6.45, 7) is 4.28. The molecule has 0 radical (unpaired) electrons. The third-order valence-electron chi connectivity index (χ3n) is 5.50. The van der Waals surface area contributed by atoms with Crippen LogP contribution < -0.4 is 14.8 Å². The summed E-state index contributed by atoms with van der Waals surface area (Å²) in [5, 5.41) is 3.47. The van der Waals surface area contributed by atoms with Gasteiger partial charge in [-0.05, 0) is 61.4 Å². The van der Waals surface area contributed by atoms with E-state index in [0.29, 0.717) is 34.6 Å². The highest BCUT2D eigenvalue weighted by Crippen LogP contribution is 2.40. The van der Waals surface area contributed by atoms with E-state index in [0.717, 1.165) is 36.8 Å². The Morgan fingerprint density at radius 3 is 2.65 bits per heavy atom. The van der Waals surface area contributed by atoms with E-state index in [1.807, 2.05) is 6.07 Å². The van der Waals surface area contributed by atoms with Gasteiger partial charge in [-0.25, -0.2) is 4.79 Å². The molecule has 6 nitrogen and oxygen atoms in total. The lowest BCUT2D eigenvalue weighted by Gasteiger charge is -2.20. The summed E-state index contributed by atoms with van der Waals surface area (Å²) in [6.07, 6.45) is 7.10. The molecule has 1 aliphatic rings. The van der Waals surface area contributed by atoms with Crippen molar-refractivity contribution in [2.75, 3.05) is 26.1 Å². The van der Waals surface area contributed by atoms with Crippen molar-refractivity contribution in [3.05, 3.63) is 45.8 Å². The van der Waals surface area contributed by atoms with E-state index in [9.17, 15) is 9.59 Å².